The molecule has 23 heavy (non-hydrogen) atoms. The summed E-state index contributed by atoms with van der Waals surface area (Å²) in [7, 11) is -3.49. The summed E-state index contributed by atoms with van der Waals surface area (Å²) in [6.07, 6.45) is 0.0834. The number of aliphatic hydroxyl groups excluding tert-OH is 1. The van der Waals surface area contributed by atoms with E-state index >= 15 is 0 Å². The van der Waals surface area contributed by atoms with Gasteiger partial charge in [-0.2, -0.15) is 0 Å². The van der Waals surface area contributed by atoms with Crippen molar-refractivity contribution in [3.63, 3.8) is 0 Å². The first-order valence-electron chi connectivity index (χ1n) is 7.29. The van der Waals surface area contributed by atoms with Gasteiger partial charge in [0.25, 0.3) is 5.56 Å². The van der Waals surface area contributed by atoms with Gasteiger partial charge in [-0.1, -0.05) is 0 Å². The molecule has 0 saturated heterocycles. The van der Waals surface area contributed by atoms with Crippen molar-refractivity contribution >= 4 is 7.60 Å². The topological polar surface area (TPSA) is 120 Å². The number of aromatic nitrogens is 2. The number of rotatable bonds is 10. The predicted molar refractivity (Wildman–Crippen MR) is 83.9 cm³/mol. The van der Waals surface area contributed by atoms with Crippen LogP contribution in [0.1, 0.15) is 25.6 Å². The zero-order valence-electron chi connectivity index (χ0n) is 13.5. The van der Waals surface area contributed by atoms with Crippen LogP contribution in [0.4, 0.5) is 0 Å². The molecular weight excluding hydrogens is 327 g/mol. The molecule has 1 heterocycles. The largest absolute Gasteiger partial charge is 0.394 e. The third kappa shape index (κ3) is 5.71. The number of nitrogens with zero attached hydrogens (tertiary/aromatic N) is 1. The lowest BCUT2D eigenvalue weighted by atomic mass is 10.4. The van der Waals surface area contributed by atoms with Gasteiger partial charge in [-0.25, -0.2) is 4.79 Å². The summed E-state index contributed by atoms with van der Waals surface area (Å²) < 4.78 is 29.6. The average molecular weight is 350 g/mol. The number of hydrogen-bond donors (Lipinski definition) is 2. The molecule has 1 atom stereocenters. The minimum atomic E-state index is -3.49. The van der Waals surface area contributed by atoms with Crippen molar-refractivity contribution in [2.75, 3.05) is 32.6 Å². The van der Waals surface area contributed by atoms with Crippen molar-refractivity contribution in [2.45, 2.75) is 27.0 Å². The standard InChI is InChI=1S/C13H23N2O7P/c1-4-21-23(19,22-5-2)9-11(20-7-6-16)15-8-10(3)12(17)14-13(15)18/h8,11,16H,4-7,9H2,1-3H3,(H,14,17,18)/t11-/m0/s1. The molecule has 1 rings (SSSR count). The molecule has 10 heteroatoms. The summed E-state index contributed by atoms with van der Waals surface area (Å²) >= 11 is 0. The average Bonchev–Trinajstić information content (AvgIpc) is 2.48. The number of nitrogens with one attached hydrogen (secondary N) is 1. The summed E-state index contributed by atoms with van der Waals surface area (Å²) in [5.41, 5.74) is -0.919. The van der Waals surface area contributed by atoms with Crippen molar-refractivity contribution in [1.29, 1.82) is 0 Å². The minimum Gasteiger partial charge on any atom is -0.394 e. The van der Waals surface area contributed by atoms with Crippen LogP contribution >= 0.6 is 7.60 Å². The molecule has 9 nitrogen and oxygen atoms in total. The van der Waals surface area contributed by atoms with E-state index in [0.29, 0.717) is 5.56 Å². The molecule has 132 valence electrons. The van der Waals surface area contributed by atoms with E-state index in [1.807, 2.05) is 0 Å². The summed E-state index contributed by atoms with van der Waals surface area (Å²) in [4.78, 5) is 25.6. The number of aryl methyl sites for hydroxylation is 1. The molecule has 0 spiro atoms. The number of hydrogen-bond acceptors (Lipinski definition) is 7. The maximum Gasteiger partial charge on any atom is 0.335 e. The Morgan fingerprint density at radius 3 is 2.43 bits per heavy atom. The zero-order chi connectivity index (χ0) is 17.5. The Morgan fingerprint density at radius 2 is 1.91 bits per heavy atom. The molecule has 0 aromatic carbocycles. The van der Waals surface area contributed by atoms with Crippen LogP contribution in [0.15, 0.2) is 15.8 Å². The van der Waals surface area contributed by atoms with Crippen molar-refractivity contribution in [3.8, 4) is 0 Å². The summed E-state index contributed by atoms with van der Waals surface area (Å²) in [6, 6.07) is 0. The highest BCUT2D eigenvalue weighted by atomic mass is 31.2. The monoisotopic (exact) mass is 350 g/mol. The molecule has 0 aliphatic heterocycles. The molecule has 1 aromatic rings. The normalized spacial score (nSPS) is 13.2. The number of ether oxygens (including phenoxy) is 1. The first-order valence-corrected chi connectivity index (χ1v) is 9.02. The van der Waals surface area contributed by atoms with Crippen molar-refractivity contribution in [2.24, 2.45) is 0 Å². The Hall–Kier alpha value is -1.25. The van der Waals surface area contributed by atoms with Gasteiger partial charge in [0.05, 0.1) is 32.6 Å². The van der Waals surface area contributed by atoms with Gasteiger partial charge in [0, 0.05) is 11.8 Å². The smallest absolute Gasteiger partial charge is 0.335 e. The van der Waals surface area contributed by atoms with Crippen molar-refractivity contribution in [3.05, 3.63) is 32.6 Å². The van der Waals surface area contributed by atoms with Crippen LogP contribution in [0.3, 0.4) is 0 Å². The van der Waals surface area contributed by atoms with Crippen LogP contribution in [0, 0.1) is 6.92 Å². The molecule has 0 saturated carbocycles. The molecule has 0 unspecified atom stereocenters. The van der Waals surface area contributed by atoms with E-state index in [1.165, 1.54) is 13.1 Å². The molecule has 0 radical (unpaired) electrons. The van der Waals surface area contributed by atoms with Crippen LogP contribution in [-0.2, 0) is 18.3 Å². The van der Waals surface area contributed by atoms with Gasteiger partial charge in [-0.05, 0) is 20.8 Å². The molecule has 0 aliphatic rings. The second kappa shape index (κ2) is 9.14. The van der Waals surface area contributed by atoms with Crippen molar-refractivity contribution < 1.29 is 23.5 Å². The van der Waals surface area contributed by atoms with E-state index in [2.05, 4.69) is 4.98 Å². The molecule has 0 aliphatic carbocycles. The second-order valence-corrected chi connectivity index (χ2v) is 6.76. The third-order valence-corrected chi connectivity index (χ3v) is 4.95. The molecule has 0 bridgehead atoms. The van der Waals surface area contributed by atoms with E-state index in [1.54, 1.807) is 13.8 Å². The Kier molecular flexibility index (Phi) is 7.87. The van der Waals surface area contributed by atoms with Crippen LogP contribution in [0.2, 0.25) is 0 Å². The molecular formula is C13H23N2O7P. The van der Waals surface area contributed by atoms with Crippen LogP contribution in [0.25, 0.3) is 0 Å². The highest BCUT2D eigenvalue weighted by Crippen LogP contribution is 2.50. The third-order valence-electron chi connectivity index (χ3n) is 2.89. The maximum atomic E-state index is 12.6. The summed E-state index contributed by atoms with van der Waals surface area (Å²) in [6.45, 7) is 4.86. The van der Waals surface area contributed by atoms with Gasteiger partial charge in [0.15, 0.2) is 0 Å². The van der Waals surface area contributed by atoms with Gasteiger partial charge in [-0.15, -0.1) is 0 Å². The van der Waals surface area contributed by atoms with Crippen LogP contribution in [0.5, 0.6) is 0 Å². The van der Waals surface area contributed by atoms with E-state index in [0.717, 1.165) is 4.57 Å². The van der Waals surface area contributed by atoms with E-state index in [9.17, 15) is 14.2 Å². The number of aliphatic hydroxyl groups is 1. The van der Waals surface area contributed by atoms with E-state index in [4.69, 9.17) is 18.9 Å². The molecule has 0 fully saturated rings. The fourth-order valence-electron chi connectivity index (χ4n) is 1.94. The van der Waals surface area contributed by atoms with Gasteiger partial charge < -0.3 is 18.9 Å². The summed E-state index contributed by atoms with van der Waals surface area (Å²) in [5, 5.41) is 8.93. The molecule has 1 aromatic heterocycles. The second-order valence-electron chi connectivity index (χ2n) is 4.66. The van der Waals surface area contributed by atoms with Gasteiger partial charge >= 0.3 is 13.3 Å². The van der Waals surface area contributed by atoms with Crippen molar-refractivity contribution in [1.82, 2.24) is 9.55 Å². The fourth-order valence-corrected chi connectivity index (χ4v) is 3.67. The van der Waals surface area contributed by atoms with E-state index in [-0.39, 0.29) is 32.6 Å². The SMILES string of the molecule is CCOP(=O)(C[C@H](OCCO)n1cc(C)c(=O)[nH]c1=O)OCC. The van der Waals surface area contributed by atoms with Gasteiger partial charge in [0.2, 0.25) is 0 Å². The number of aromatic amines is 1. The van der Waals surface area contributed by atoms with Gasteiger partial charge in [0.1, 0.15) is 6.23 Å². The minimum absolute atomic E-state index is 0.0759. The molecule has 2 N–H and O–H groups in total. The first kappa shape index (κ1) is 19.8. The van der Waals surface area contributed by atoms with Gasteiger partial charge in [-0.3, -0.25) is 18.9 Å². The molecule has 0 amide bonds. The lowest BCUT2D eigenvalue weighted by molar-refractivity contribution is -0.00755. The summed E-state index contributed by atoms with van der Waals surface area (Å²) in [5.74, 6) is 0. The lowest BCUT2D eigenvalue weighted by Crippen LogP contribution is -2.36. The predicted octanol–water partition coefficient (Wildman–Crippen LogP) is 0.619. The number of H-pyrrole nitrogens is 1. The maximum absolute atomic E-state index is 12.6. The highest BCUT2D eigenvalue weighted by molar-refractivity contribution is 7.53. The Bertz CT molecular complexity index is 644. The van der Waals surface area contributed by atoms with Crippen LogP contribution < -0.4 is 11.2 Å². The fraction of sp³-hybridized carbons (Fsp3) is 0.692. The highest BCUT2D eigenvalue weighted by Gasteiger charge is 2.31. The zero-order valence-corrected chi connectivity index (χ0v) is 14.4. The first-order chi connectivity index (χ1) is 10.9. The Morgan fingerprint density at radius 1 is 1.30 bits per heavy atom. The quantitative estimate of drug-likeness (QED) is 0.594. The Balaban J connectivity index is 3.18. The van der Waals surface area contributed by atoms with E-state index < -0.39 is 25.1 Å². The lowest BCUT2D eigenvalue weighted by Gasteiger charge is -2.24. The van der Waals surface area contributed by atoms with Crippen LogP contribution in [-0.4, -0.2) is 47.2 Å². The Labute approximate surface area is 133 Å².